The molecule has 0 saturated carbocycles. The summed E-state index contributed by atoms with van der Waals surface area (Å²) in [5.74, 6) is 0.911. The van der Waals surface area contributed by atoms with Gasteiger partial charge in [0.1, 0.15) is 5.82 Å². The maximum Gasteiger partial charge on any atom is 0.133 e. The van der Waals surface area contributed by atoms with Gasteiger partial charge in [0.05, 0.1) is 0 Å². The van der Waals surface area contributed by atoms with E-state index in [-0.39, 0.29) is 5.41 Å². The average Bonchev–Trinajstić information content (AvgIpc) is 2.29. The predicted molar refractivity (Wildman–Crippen MR) is 84.2 cm³/mol. The molecule has 0 saturated heterocycles. The van der Waals surface area contributed by atoms with Crippen LogP contribution in [0, 0.1) is 20.8 Å². The Labute approximate surface area is 122 Å². The Bertz CT molecular complexity index is 602. The lowest BCUT2D eigenvalue weighted by molar-refractivity contribution is 0.589. The van der Waals surface area contributed by atoms with Crippen molar-refractivity contribution in [2.24, 2.45) is 0 Å². The van der Waals surface area contributed by atoms with Crippen LogP contribution in [-0.4, -0.2) is 9.97 Å². The number of aromatic nitrogens is 2. The van der Waals surface area contributed by atoms with E-state index in [1.165, 1.54) is 16.7 Å². The monoisotopic (exact) mass is 268 g/mol. The molecule has 0 unspecified atom stereocenters. The third-order valence-electron chi connectivity index (χ3n) is 3.59. The van der Waals surface area contributed by atoms with Gasteiger partial charge in [-0.25, -0.2) is 9.97 Å². The van der Waals surface area contributed by atoms with Gasteiger partial charge in [0.15, 0.2) is 0 Å². The van der Waals surface area contributed by atoms with Gasteiger partial charge in [0, 0.05) is 17.8 Å². The molecule has 0 bridgehead atoms. The van der Waals surface area contributed by atoms with Crippen molar-refractivity contribution in [2.75, 3.05) is 0 Å². The highest BCUT2D eigenvalue weighted by atomic mass is 14.9. The van der Waals surface area contributed by atoms with E-state index in [0.29, 0.717) is 0 Å². The smallest absolute Gasteiger partial charge is 0.133 e. The summed E-state index contributed by atoms with van der Waals surface area (Å²) in [5, 5.41) is 0. The van der Waals surface area contributed by atoms with E-state index in [1.54, 1.807) is 0 Å². The lowest BCUT2D eigenvalue weighted by atomic mass is 9.85. The molecule has 0 aliphatic carbocycles. The third-order valence-corrected chi connectivity index (χ3v) is 3.59. The molecule has 0 amide bonds. The summed E-state index contributed by atoms with van der Waals surface area (Å²) < 4.78 is 0. The molecule has 0 spiro atoms. The Morgan fingerprint density at radius 1 is 0.900 bits per heavy atom. The van der Waals surface area contributed by atoms with E-state index in [0.717, 1.165) is 23.6 Å². The normalized spacial score (nSPS) is 11.7. The highest BCUT2D eigenvalue weighted by molar-refractivity contribution is 5.36. The SMILES string of the molecule is Cc1cc(C)nc(Cc2ccc(C(C)(C)C)cc2C)n1. The lowest BCUT2D eigenvalue weighted by Crippen LogP contribution is -2.11. The molecule has 0 radical (unpaired) electrons. The van der Waals surface area contributed by atoms with Crippen molar-refractivity contribution in [1.29, 1.82) is 0 Å². The van der Waals surface area contributed by atoms with Crippen LogP contribution >= 0.6 is 0 Å². The predicted octanol–water partition coefficient (Wildman–Crippen LogP) is 4.29. The summed E-state index contributed by atoms with van der Waals surface area (Å²) in [5.41, 5.74) is 6.27. The van der Waals surface area contributed by atoms with E-state index in [9.17, 15) is 0 Å². The second-order valence-electron chi connectivity index (χ2n) is 6.63. The number of rotatable bonds is 2. The zero-order chi connectivity index (χ0) is 14.9. The fourth-order valence-electron chi connectivity index (χ4n) is 2.41. The fraction of sp³-hybridized carbons (Fsp3) is 0.444. The molecule has 106 valence electrons. The van der Waals surface area contributed by atoms with E-state index in [1.807, 2.05) is 19.9 Å². The van der Waals surface area contributed by atoms with Crippen LogP contribution < -0.4 is 0 Å². The zero-order valence-corrected chi connectivity index (χ0v) is 13.4. The van der Waals surface area contributed by atoms with Crippen molar-refractivity contribution in [3.63, 3.8) is 0 Å². The largest absolute Gasteiger partial charge is 0.238 e. The average molecular weight is 268 g/mol. The highest BCUT2D eigenvalue weighted by Gasteiger charge is 2.14. The van der Waals surface area contributed by atoms with Crippen LogP contribution in [0.25, 0.3) is 0 Å². The second-order valence-corrected chi connectivity index (χ2v) is 6.63. The molecule has 1 aromatic heterocycles. The minimum Gasteiger partial charge on any atom is -0.238 e. The van der Waals surface area contributed by atoms with E-state index in [2.05, 4.69) is 55.9 Å². The first kappa shape index (κ1) is 14.7. The van der Waals surface area contributed by atoms with Gasteiger partial charge in [-0.15, -0.1) is 0 Å². The fourth-order valence-corrected chi connectivity index (χ4v) is 2.41. The summed E-state index contributed by atoms with van der Waals surface area (Å²) in [4.78, 5) is 9.06. The van der Waals surface area contributed by atoms with Crippen LogP contribution in [-0.2, 0) is 11.8 Å². The van der Waals surface area contributed by atoms with E-state index >= 15 is 0 Å². The van der Waals surface area contributed by atoms with Crippen molar-refractivity contribution in [3.05, 3.63) is 58.2 Å². The Morgan fingerprint density at radius 3 is 2.00 bits per heavy atom. The van der Waals surface area contributed by atoms with Crippen LogP contribution in [0.15, 0.2) is 24.3 Å². The summed E-state index contributed by atoms with van der Waals surface area (Å²) >= 11 is 0. The molecule has 0 atom stereocenters. The summed E-state index contributed by atoms with van der Waals surface area (Å²) in [7, 11) is 0. The van der Waals surface area contributed by atoms with Crippen LogP contribution in [0.5, 0.6) is 0 Å². The van der Waals surface area contributed by atoms with Crippen molar-refractivity contribution >= 4 is 0 Å². The molecule has 0 aliphatic rings. The van der Waals surface area contributed by atoms with Gasteiger partial charge in [0.25, 0.3) is 0 Å². The molecule has 1 heterocycles. The number of aryl methyl sites for hydroxylation is 3. The quantitative estimate of drug-likeness (QED) is 0.812. The molecule has 2 rings (SSSR count). The van der Waals surface area contributed by atoms with Crippen molar-refractivity contribution in [3.8, 4) is 0 Å². The maximum absolute atomic E-state index is 4.53. The molecule has 0 aliphatic heterocycles. The summed E-state index contributed by atoms with van der Waals surface area (Å²) in [6, 6.07) is 8.75. The molecule has 2 aromatic rings. The molecule has 1 aromatic carbocycles. The van der Waals surface area contributed by atoms with Crippen molar-refractivity contribution in [2.45, 2.75) is 53.4 Å². The topological polar surface area (TPSA) is 25.8 Å². The lowest BCUT2D eigenvalue weighted by Gasteiger charge is -2.20. The summed E-state index contributed by atoms with van der Waals surface area (Å²) in [6.07, 6.45) is 0.804. The standard InChI is InChI=1S/C18H24N2/c1-12-9-16(18(4,5)6)8-7-15(12)11-17-19-13(2)10-14(3)20-17/h7-10H,11H2,1-6H3. The number of hydrogen-bond donors (Lipinski definition) is 0. The van der Waals surface area contributed by atoms with Crippen LogP contribution in [0.2, 0.25) is 0 Å². The highest BCUT2D eigenvalue weighted by Crippen LogP contribution is 2.25. The Balaban J connectivity index is 2.30. The number of nitrogens with zero attached hydrogens (tertiary/aromatic N) is 2. The minimum atomic E-state index is 0.194. The molecule has 20 heavy (non-hydrogen) atoms. The minimum absolute atomic E-state index is 0.194. The van der Waals surface area contributed by atoms with Gasteiger partial charge in [-0.3, -0.25) is 0 Å². The molecule has 0 N–H and O–H groups in total. The summed E-state index contributed by atoms with van der Waals surface area (Å²) in [6.45, 7) is 13.0. The number of benzene rings is 1. The van der Waals surface area contributed by atoms with Crippen LogP contribution in [0.4, 0.5) is 0 Å². The Hall–Kier alpha value is -1.70. The molecule has 2 heteroatoms. The first-order valence-electron chi connectivity index (χ1n) is 7.17. The Kier molecular flexibility index (Phi) is 3.94. The van der Waals surface area contributed by atoms with Gasteiger partial charge < -0.3 is 0 Å². The first-order valence-corrected chi connectivity index (χ1v) is 7.17. The molecular weight excluding hydrogens is 244 g/mol. The Morgan fingerprint density at radius 2 is 1.50 bits per heavy atom. The van der Waals surface area contributed by atoms with Gasteiger partial charge in [-0.1, -0.05) is 39.0 Å². The van der Waals surface area contributed by atoms with Crippen LogP contribution in [0.3, 0.4) is 0 Å². The van der Waals surface area contributed by atoms with Crippen molar-refractivity contribution < 1.29 is 0 Å². The van der Waals surface area contributed by atoms with Gasteiger partial charge in [-0.05, 0) is 48.9 Å². The number of hydrogen-bond acceptors (Lipinski definition) is 2. The second kappa shape index (κ2) is 5.35. The van der Waals surface area contributed by atoms with Crippen LogP contribution in [0.1, 0.15) is 54.7 Å². The third kappa shape index (κ3) is 3.44. The van der Waals surface area contributed by atoms with Gasteiger partial charge in [0.2, 0.25) is 0 Å². The van der Waals surface area contributed by atoms with Gasteiger partial charge >= 0.3 is 0 Å². The first-order chi connectivity index (χ1) is 9.25. The molecule has 0 fully saturated rings. The van der Waals surface area contributed by atoms with E-state index in [4.69, 9.17) is 0 Å². The van der Waals surface area contributed by atoms with Crippen molar-refractivity contribution in [1.82, 2.24) is 9.97 Å². The maximum atomic E-state index is 4.53. The zero-order valence-electron chi connectivity index (χ0n) is 13.4. The molecular formula is C18H24N2. The molecule has 2 nitrogen and oxygen atoms in total. The van der Waals surface area contributed by atoms with E-state index < -0.39 is 0 Å². The van der Waals surface area contributed by atoms with Gasteiger partial charge in [-0.2, -0.15) is 0 Å².